The molecule has 2 aliphatic rings. The van der Waals surface area contributed by atoms with Gasteiger partial charge in [0.05, 0.1) is 20.3 Å². The third-order valence-corrected chi connectivity index (χ3v) is 8.27. The number of anilines is 1. The maximum absolute atomic E-state index is 12.8. The number of fused-ring (bicyclic) bond motifs is 1. The number of nitrogens with zero attached hydrogens (tertiary/aromatic N) is 3. The van der Waals surface area contributed by atoms with Crippen LogP contribution in [0.25, 0.3) is 22.3 Å². The summed E-state index contributed by atoms with van der Waals surface area (Å²) in [4.78, 5) is 15.2. The van der Waals surface area contributed by atoms with Crippen LogP contribution in [0.2, 0.25) is 0 Å². The molecule has 1 aromatic carbocycles. The van der Waals surface area contributed by atoms with Gasteiger partial charge in [-0.2, -0.15) is 0 Å². The summed E-state index contributed by atoms with van der Waals surface area (Å²) in [6.07, 6.45) is 2.36. The molecule has 9 heteroatoms. The van der Waals surface area contributed by atoms with Crippen molar-refractivity contribution in [3.63, 3.8) is 0 Å². The lowest BCUT2D eigenvalue weighted by Crippen LogP contribution is -2.37. The van der Waals surface area contributed by atoms with E-state index in [1.807, 2.05) is 25.1 Å². The minimum Gasteiger partial charge on any atom is -0.491 e. The second-order valence-corrected chi connectivity index (χ2v) is 10.7. The van der Waals surface area contributed by atoms with Gasteiger partial charge in [0.1, 0.15) is 10.4 Å². The van der Waals surface area contributed by atoms with Crippen LogP contribution in [0.3, 0.4) is 0 Å². The monoisotopic (exact) mass is 442 g/mol. The molecule has 0 amide bonds. The molecule has 1 aliphatic heterocycles. The van der Waals surface area contributed by atoms with Crippen molar-refractivity contribution in [3.8, 4) is 17.1 Å². The minimum absolute atomic E-state index is 0.450. The molecule has 164 valence electrons. The zero-order valence-electron chi connectivity index (χ0n) is 17.9. The van der Waals surface area contributed by atoms with Crippen LogP contribution in [-0.2, 0) is 19.3 Å². The van der Waals surface area contributed by atoms with E-state index in [0.29, 0.717) is 62.2 Å². The summed E-state index contributed by atoms with van der Waals surface area (Å²) in [6.45, 7) is 4.49. The van der Waals surface area contributed by atoms with E-state index >= 15 is 0 Å². The molecule has 5 rings (SSSR count). The lowest BCUT2D eigenvalue weighted by Gasteiger charge is -2.30. The molecule has 8 nitrogen and oxygen atoms in total. The van der Waals surface area contributed by atoms with Crippen molar-refractivity contribution in [1.29, 1.82) is 0 Å². The van der Waals surface area contributed by atoms with Crippen molar-refractivity contribution in [2.45, 2.75) is 24.5 Å². The number of benzene rings is 1. The van der Waals surface area contributed by atoms with Crippen molar-refractivity contribution < 1.29 is 17.9 Å². The maximum atomic E-state index is 12.8. The normalized spacial score (nSPS) is 18.4. The summed E-state index contributed by atoms with van der Waals surface area (Å²) in [5, 5.41) is 1.01. The van der Waals surface area contributed by atoms with Gasteiger partial charge >= 0.3 is 0 Å². The molecular formula is C22H26N4O4S. The molecule has 1 saturated carbocycles. The Morgan fingerprint density at radius 2 is 1.94 bits per heavy atom. The van der Waals surface area contributed by atoms with E-state index in [1.54, 1.807) is 7.11 Å². The Kier molecular flexibility index (Phi) is 4.71. The van der Waals surface area contributed by atoms with Crippen LogP contribution in [-0.4, -0.2) is 63.0 Å². The maximum Gasteiger partial charge on any atom is 0.184 e. The van der Waals surface area contributed by atoms with Gasteiger partial charge in [-0.05, 0) is 31.9 Å². The molecule has 1 saturated heterocycles. The molecule has 0 atom stereocenters. The van der Waals surface area contributed by atoms with Gasteiger partial charge in [0, 0.05) is 41.5 Å². The summed E-state index contributed by atoms with van der Waals surface area (Å²) in [7, 11) is -1.83. The summed E-state index contributed by atoms with van der Waals surface area (Å²) in [5.41, 5.74) is 3.37. The van der Waals surface area contributed by atoms with E-state index < -0.39 is 14.6 Å². The summed E-state index contributed by atoms with van der Waals surface area (Å²) < 4.78 is 35.8. The highest BCUT2D eigenvalue weighted by Gasteiger charge is 2.57. The van der Waals surface area contributed by atoms with Gasteiger partial charge in [0.2, 0.25) is 0 Å². The first-order valence-corrected chi connectivity index (χ1v) is 12.3. The number of nitrogens with one attached hydrogen (secondary N) is 1. The average molecular weight is 443 g/mol. The highest BCUT2D eigenvalue weighted by molar-refractivity contribution is 7.92. The lowest BCUT2D eigenvalue weighted by molar-refractivity contribution is 0.122. The summed E-state index contributed by atoms with van der Waals surface area (Å²) in [6, 6.07) is 8.01. The van der Waals surface area contributed by atoms with Gasteiger partial charge in [-0.25, -0.2) is 18.4 Å². The van der Waals surface area contributed by atoms with E-state index in [-0.39, 0.29) is 0 Å². The molecular weight excluding hydrogens is 416 g/mol. The van der Waals surface area contributed by atoms with Gasteiger partial charge in [-0.15, -0.1) is 0 Å². The Hall–Kier alpha value is -2.65. The van der Waals surface area contributed by atoms with E-state index in [2.05, 4.69) is 16.0 Å². The first-order valence-electron chi connectivity index (χ1n) is 10.4. The number of aryl methyl sites for hydroxylation is 1. The van der Waals surface area contributed by atoms with Crippen molar-refractivity contribution in [2.75, 3.05) is 44.6 Å². The molecule has 0 radical (unpaired) electrons. The molecule has 1 aliphatic carbocycles. The zero-order valence-corrected chi connectivity index (χ0v) is 18.8. The SMILES string of the molecule is COc1c(N2CCOCC2)nc(-c2cccc3[nH]c(C)cc23)nc1C1(S(C)(=O)=O)CC1. The molecule has 2 aromatic heterocycles. The number of ether oxygens (including phenoxy) is 2. The first-order chi connectivity index (χ1) is 14.8. The van der Waals surface area contributed by atoms with Crippen molar-refractivity contribution in [2.24, 2.45) is 0 Å². The van der Waals surface area contributed by atoms with E-state index in [4.69, 9.17) is 19.4 Å². The Morgan fingerprint density at radius 1 is 1.19 bits per heavy atom. The second-order valence-electron chi connectivity index (χ2n) is 8.34. The second kappa shape index (κ2) is 7.20. The molecule has 3 heterocycles. The van der Waals surface area contributed by atoms with Gasteiger partial charge in [0.15, 0.2) is 27.2 Å². The van der Waals surface area contributed by atoms with Crippen LogP contribution in [0, 0.1) is 6.92 Å². The van der Waals surface area contributed by atoms with Crippen LogP contribution < -0.4 is 9.64 Å². The van der Waals surface area contributed by atoms with Crippen molar-refractivity contribution >= 4 is 26.6 Å². The smallest absolute Gasteiger partial charge is 0.184 e. The number of morpholine rings is 1. The highest BCUT2D eigenvalue weighted by atomic mass is 32.2. The molecule has 3 aromatic rings. The molecule has 1 N–H and O–H groups in total. The third-order valence-electron chi connectivity index (χ3n) is 6.25. The number of aromatic amines is 1. The van der Waals surface area contributed by atoms with Crippen molar-refractivity contribution in [3.05, 3.63) is 35.7 Å². The number of hydrogen-bond donors (Lipinski definition) is 1. The summed E-state index contributed by atoms with van der Waals surface area (Å²) >= 11 is 0. The van der Waals surface area contributed by atoms with Gasteiger partial charge in [-0.3, -0.25) is 0 Å². The minimum atomic E-state index is -3.38. The van der Waals surface area contributed by atoms with Gasteiger partial charge in [0.25, 0.3) is 0 Å². The van der Waals surface area contributed by atoms with Crippen LogP contribution in [0.15, 0.2) is 24.3 Å². The van der Waals surface area contributed by atoms with Gasteiger partial charge in [-0.1, -0.05) is 12.1 Å². The topological polar surface area (TPSA) is 97.4 Å². The average Bonchev–Trinajstić information content (AvgIpc) is 3.49. The number of aromatic nitrogens is 3. The zero-order chi connectivity index (χ0) is 21.8. The fourth-order valence-corrected chi connectivity index (χ4v) is 5.76. The standard InChI is InChI=1S/C22H26N4O4S/c1-14-13-16-15(5-4-6-17(16)23-14)20-24-19(22(7-8-22)31(3,27)28)18(29-2)21(25-20)26-9-11-30-12-10-26/h4-6,13,23H,7-12H2,1-3H3. The number of rotatable bonds is 5. The molecule has 0 unspecified atom stereocenters. The lowest BCUT2D eigenvalue weighted by atomic mass is 10.1. The Morgan fingerprint density at radius 3 is 2.58 bits per heavy atom. The van der Waals surface area contributed by atoms with Crippen LogP contribution in [0.5, 0.6) is 5.75 Å². The largest absolute Gasteiger partial charge is 0.491 e. The third kappa shape index (κ3) is 3.27. The number of H-pyrrole nitrogens is 1. The first kappa shape index (κ1) is 20.3. The van der Waals surface area contributed by atoms with Crippen LogP contribution in [0.1, 0.15) is 24.2 Å². The number of methoxy groups -OCH3 is 1. The highest BCUT2D eigenvalue weighted by Crippen LogP contribution is 2.56. The van der Waals surface area contributed by atoms with E-state index in [1.165, 1.54) is 6.26 Å². The predicted molar refractivity (Wildman–Crippen MR) is 119 cm³/mol. The van der Waals surface area contributed by atoms with Crippen LogP contribution >= 0.6 is 0 Å². The molecule has 0 bridgehead atoms. The van der Waals surface area contributed by atoms with Crippen molar-refractivity contribution in [1.82, 2.24) is 15.0 Å². The Bertz CT molecular complexity index is 1260. The molecule has 31 heavy (non-hydrogen) atoms. The number of sulfone groups is 1. The summed E-state index contributed by atoms with van der Waals surface area (Å²) in [5.74, 6) is 1.59. The number of hydrogen-bond acceptors (Lipinski definition) is 7. The fraction of sp³-hybridized carbons (Fsp3) is 0.455. The Balaban J connectivity index is 1.78. The fourth-order valence-electron chi connectivity index (χ4n) is 4.43. The molecule has 2 fully saturated rings. The van der Waals surface area contributed by atoms with Gasteiger partial charge < -0.3 is 19.4 Å². The Labute approximate surface area is 181 Å². The van der Waals surface area contributed by atoms with E-state index in [0.717, 1.165) is 22.2 Å². The quantitative estimate of drug-likeness (QED) is 0.649. The van der Waals surface area contributed by atoms with Crippen LogP contribution in [0.4, 0.5) is 5.82 Å². The predicted octanol–water partition coefficient (Wildman–Crippen LogP) is 2.81. The van der Waals surface area contributed by atoms with E-state index in [9.17, 15) is 8.42 Å². The molecule has 0 spiro atoms.